The van der Waals surface area contributed by atoms with Crippen molar-refractivity contribution in [2.75, 3.05) is 0 Å². The van der Waals surface area contributed by atoms with Crippen LogP contribution in [0.4, 0.5) is 0 Å². The van der Waals surface area contributed by atoms with Crippen LogP contribution in [-0.4, -0.2) is 20.4 Å². The van der Waals surface area contributed by atoms with E-state index in [2.05, 4.69) is 15.3 Å². The molecule has 6 heteroatoms. The van der Waals surface area contributed by atoms with E-state index >= 15 is 0 Å². The van der Waals surface area contributed by atoms with Crippen LogP contribution < -0.4 is 5.32 Å². The van der Waals surface area contributed by atoms with Crippen molar-refractivity contribution in [3.8, 4) is 0 Å². The third-order valence-corrected chi connectivity index (χ3v) is 4.44. The number of rotatable bonds is 5. The third-order valence-electron chi connectivity index (χ3n) is 3.51. The largest absolute Gasteiger partial charge is 0.343 e. The van der Waals surface area contributed by atoms with E-state index < -0.39 is 0 Å². The molecule has 0 fully saturated rings. The van der Waals surface area contributed by atoms with Gasteiger partial charge in [-0.25, -0.2) is 4.98 Å². The van der Waals surface area contributed by atoms with Crippen molar-refractivity contribution in [1.29, 1.82) is 0 Å². The Bertz CT molecular complexity index is 710. The van der Waals surface area contributed by atoms with E-state index in [4.69, 9.17) is 0 Å². The summed E-state index contributed by atoms with van der Waals surface area (Å²) in [5.74, 6) is -0.0480. The quantitative estimate of drug-likeness (QED) is 0.788. The Hall–Kier alpha value is -2.47. The van der Waals surface area contributed by atoms with Gasteiger partial charge in [-0.05, 0) is 36.1 Å². The predicted octanol–water partition coefficient (Wildman–Crippen LogP) is 2.81. The van der Waals surface area contributed by atoms with E-state index in [0.717, 1.165) is 10.4 Å². The van der Waals surface area contributed by atoms with E-state index in [1.807, 2.05) is 36.6 Å². The van der Waals surface area contributed by atoms with Gasteiger partial charge < -0.3 is 9.88 Å². The molecule has 0 bridgehead atoms. The number of carbonyl (C=O) groups excluding carboxylic acids is 1. The van der Waals surface area contributed by atoms with Crippen LogP contribution in [0.2, 0.25) is 0 Å². The average Bonchev–Trinajstić information content (AvgIpc) is 3.25. The van der Waals surface area contributed by atoms with Gasteiger partial charge in [0.05, 0.1) is 12.4 Å². The molecule has 3 rings (SSSR count). The van der Waals surface area contributed by atoms with E-state index in [1.165, 1.54) is 0 Å². The maximum Gasteiger partial charge on any atom is 0.243 e. The Morgan fingerprint density at radius 1 is 1.23 bits per heavy atom. The molecule has 0 aliphatic carbocycles. The van der Waals surface area contributed by atoms with E-state index in [0.29, 0.717) is 0 Å². The zero-order valence-electron chi connectivity index (χ0n) is 12.1. The standard InChI is InChI=1S/C16H16N4OS/c1-12(20-9-8-18-11-20)16(21)19-15(14-3-2-10-22-14)13-4-6-17-7-5-13/h2-12,15H,1H3,(H,19,21)/t12-,15+/m1/s1. The van der Waals surface area contributed by atoms with Crippen molar-refractivity contribution in [2.24, 2.45) is 0 Å². The Morgan fingerprint density at radius 3 is 2.68 bits per heavy atom. The zero-order chi connectivity index (χ0) is 15.4. The summed E-state index contributed by atoms with van der Waals surface area (Å²) in [6.07, 6.45) is 8.58. The highest BCUT2D eigenvalue weighted by atomic mass is 32.1. The molecule has 0 unspecified atom stereocenters. The first-order valence-electron chi connectivity index (χ1n) is 6.97. The first-order valence-corrected chi connectivity index (χ1v) is 7.85. The minimum Gasteiger partial charge on any atom is -0.343 e. The summed E-state index contributed by atoms with van der Waals surface area (Å²) < 4.78 is 1.79. The van der Waals surface area contributed by atoms with Crippen LogP contribution in [0.1, 0.15) is 29.4 Å². The van der Waals surface area contributed by atoms with Gasteiger partial charge >= 0.3 is 0 Å². The number of pyridine rings is 1. The molecule has 1 amide bonds. The van der Waals surface area contributed by atoms with Crippen molar-refractivity contribution in [1.82, 2.24) is 19.9 Å². The van der Waals surface area contributed by atoms with Crippen LogP contribution in [0, 0.1) is 0 Å². The summed E-state index contributed by atoms with van der Waals surface area (Å²) in [5.41, 5.74) is 1.02. The number of carbonyl (C=O) groups is 1. The highest BCUT2D eigenvalue weighted by Crippen LogP contribution is 2.26. The SMILES string of the molecule is C[C@H](C(=O)N[C@@H](c1ccncc1)c1cccs1)n1ccnc1. The summed E-state index contributed by atoms with van der Waals surface area (Å²) in [4.78, 5) is 21.7. The van der Waals surface area contributed by atoms with Gasteiger partial charge in [0.15, 0.2) is 0 Å². The topological polar surface area (TPSA) is 59.8 Å². The molecule has 1 N–H and O–H groups in total. The average molecular weight is 312 g/mol. The fourth-order valence-electron chi connectivity index (χ4n) is 2.23. The summed E-state index contributed by atoms with van der Waals surface area (Å²) >= 11 is 1.62. The molecule has 3 aromatic rings. The Morgan fingerprint density at radius 2 is 2.05 bits per heavy atom. The second-order valence-electron chi connectivity index (χ2n) is 4.92. The first-order chi connectivity index (χ1) is 10.8. The van der Waals surface area contributed by atoms with Crippen LogP contribution >= 0.6 is 11.3 Å². The summed E-state index contributed by atoms with van der Waals surface area (Å²) in [7, 11) is 0. The van der Waals surface area contributed by atoms with Gasteiger partial charge in [0.25, 0.3) is 0 Å². The van der Waals surface area contributed by atoms with Gasteiger partial charge in [-0.15, -0.1) is 11.3 Å². The first kappa shape index (κ1) is 14.5. The molecule has 112 valence electrons. The number of amides is 1. The fourth-order valence-corrected chi connectivity index (χ4v) is 3.03. The Balaban J connectivity index is 1.83. The normalized spacial score (nSPS) is 13.5. The number of hydrogen-bond acceptors (Lipinski definition) is 4. The second-order valence-corrected chi connectivity index (χ2v) is 5.90. The van der Waals surface area contributed by atoms with E-state index in [-0.39, 0.29) is 18.0 Å². The molecular formula is C16H16N4OS. The third kappa shape index (κ3) is 3.07. The molecular weight excluding hydrogens is 296 g/mol. The second kappa shape index (κ2) is 6.53. The minimum atomic E-state index is -0.313. The van der Waals surface area contributed by atoms with Crippen molar-refractivity contribution < 1.29 is 4.79 Å². The summed E-state index contributed by atoms with van der Waals surface area (Å²) in [6.45, 7) is 1.86. The molecule has 0 aliphatic heterocycles. The van der Waals surface area contributed by atoms with Crippen molar-refractivity contribution in [3.05, 3.63) is 71.2 Å². The summed E-state index contributed by atoms with van der Waals surface area (Å²) in [5, 5.41) is 5.13. The minimum absolute atomic E-state index is 0.0480. The molecule has 0 aromatic carbocycles. The lowest BCUT2D eigenvalue weighted by Crippen LogP contribution is -2.34. The predicted molar refractivity (Wildman–Crippen MR) is 85.5 cm³/mol. The number of hydrogen-bond donors (Lipinski definition) is 1. The molecule has 3 aromatic heterocycles. The highest BCUT2D eigenvalue weighted by Gasteiger charge is 2.21. The van der Waals surface area contributed by atoms with Gasteiger partial charge in [0.1, 0.15) is 6.04 Å². The number of imidazole rings is 1. The monoisotopic (exact) mass is 312 g/mol. The molecule has 0 saturated heterocycles. The lowest BCUT2D eigenvalue weighted by molar-refractivity contribution is -0.124. The van der Waals surface area contributed by atoms with Crippen molar-refractivity contribution in [2.45, 2.75) is 19.0 Å². The van der Waals surface area contributed by atoms with Crippen LogP contribution in [-0.2, 0) is 4.79 Å². The Labute approximate surface area is 132 Å². The van der Waals surface area contributed by atoms with Gasteiger partial charge in [-0.3, -0.25) is 9.78 Å². The molecule has 0 spiro atoms. The van der Waals surface area contributed by atoms with E-state index in [9.17, 15) is 4.79 Å². The number of nitrogens with zero attached hydrogens (tertiary/aromatic N) is 3. The molecule has 22 heavy (non-hydrogen) atoms. The van der Waals surface area contributed by atoms with E-state index in [1.54, 1.807) is 47.0 Å². The van der Waals surface area contributed by atoms with Crippen LogP contribution in [0.5, 0.6) is 0 Å². The number of nitrogens with one attached hydrogen (secondary N) is 1. The van der Waals surface area contributed by atoms with Crippen LogP contribution in [0.25, 0.3) is 0 Å². The van der Waals surface area contributed by atoms with Gasteiger partial charge in [-0.1, -0.05) is 6.07 Å². The van der Waals surface area contributed by atoms with Crippen LogP contribution in [0.15, 0.2) is 60.8 Å². The molecule has 5 nitrogen and oxygen atoms in total. The zero-order valence-corrected chi connectivity index (χ0v) is 12.9. The molecule has 2 atom stereocenters. The van der Waals surface area contributed by atoms with Crippen LogP contribution in [0.3, 0.4) is 0 Å². The smallest absolute Gasteiger partial charge is 0.243 e. The molecule has 0 aliphatic rings. The summed E-state index contributed by atoms with van der Waals surface area (Å²) in [6, 6.07) is 7.38. The Kier molecular flexibility index (Phi) is 4.29. The lowest BCUT2D eigenvalue weighted by atomic mass is 10.1. The maximum atomic E-state index is 12.5. The van der Waals surface area contributed by atoms with Crippen molar-refractivity contribution in [3.63, 3.8) is 0 Å². The molecule has 0 saturated carbocycles. The van der Waals surface area contributed by atoms with Gasteiger partial charge in [-0.2, -0.15) is 0 Å². The maximum absolute atomic E-state index is 12.5. The van der Waals surface area contributed by atoms with Gasteiger partial charge in [0.2, 0.25) is 5.91 Å². The number of thiophene rings is 1. The highest BCUT2D eigenvalue weighted by molar-refractivity contribution is 7.10. The molecule has 3 heterocycles. The molecule has 0 radical (unpaired) electrons. The lowest BCUT2D eigenvalue weighted by Gasteiger charge is -2.21. The van der Waals surface area contributed by atoms with Gasteiger partial charge in [0, 0.05) is 29.7 Å². The number of aromatic nitrogens is 3. The fraction of sp³-hybridized carbons (Fsp3) is 0.188. The van der Waals surface area contributed by atoms with Crippen molar-refractivity contribution >= 4 is 17.2 Å².